The molecule has 7 heteroatoms. The molecule has 0 aromatic heterocycles. The molecule has 2 rings (SSSR count). The first-order valence-corrected chi connectivity index (χ1v) is 10.9. The van der Waals surface area contributed by atoms with Crippen LogP contribution in [-0.2, 0) is 4.74 Å². The van der Waals surface area contributed by atoms with E-state index in [4.69, 9.17) is 14.2 Å². The SMILES string of the molecule is C=C/C=C(\C)C(=NC)C1CCN(C(=O)OCCCOc2ccc(C(C)=O)cc2OC)CC1. The van der Waals surface area contributed by atoms with Crippen molar-refractivity contribution in [1.29, 1.82) is 0 Å². The fourth-order valence-corrected chi connectivity index (χ4v) is 3.78. The number of allylic oxidation sites excluding steroid dienone is 3. The summed E-state index contributed by atoms with van der Waals surface area (Å²) in [4.78, 5) is 30.0. The second-order valence-electron chi connectivity index (χ2n) is 7.69. The molecule has 0 aliphatic carbocycles. The third-order valence-corrected chi connectivity index (χ3v) is 5.49. The number of Topliss-reactive ketones (excluding diaryl/α,β-unsaturated/α-hetero) is 1. The van der Waals surface area contributed by atoms with Crippen LogP contribution in [0.3, 0.4) is 0 Å². The van der Waals surface area contributed by atoms with Crippen molar-refractivity contribution in [3.8, 4) is 11.5 Å². The van der Waals surface area contributed by atoms with Crippen LogP contribution in [-0.4, -0.2) is 62.9 Å². The van der Waals surface area contributed by atoms with Crippen LogP contribution in [0, 0.1) is 5.92 Å². The van der Waals surface area contributed by atoms with E-state index in [1.165, 1.54) is 14.0 Å². The highest BCUT2D eigenvalue weighted by molar-refractivity contribution is 6.01. The molecule has 1 amide bonds. The van der Waals surface area contributed by atoms with Crippen molar-refractivity contribution < 1.29 is 23.8 Å². The van der Waals surface area contributed by atoms with Crippen molar-refractivity contribution in [2.75, 3.05) is 40.5 Å². The maximum atomic E-state index is 12.4. The van der Waals surface area contributed by atoms with Gasteiger partial charge in [0, 0.05) is 43.8 Å². The lowest BCUT2D eigenvalue weighted by molar-refractivity contribution is 0.0873. The van der Waals surface area contributed by atoms with Gasteiger partial charge in [0.15, 0.2) is 17.3 Å². The van der Waals surface area contributed by atoms with Crippen LogP contribution in [0.15, 0.2) is 47.5 Å². The molecule has 1 aliphatic heterocycles. The monoisotopic (exact) mass is 442 g/mol. The number of ether oxygens (including phenoxy) is 3. The molecule has 1 heterocycles. The highest BCUT2D eigenvalue weighted by Crippen LogP contribution is 2.28. The molecule has 0 bridgehead atoms. The average molecular weight is 443 g/mol. The Morgan fingerprint density at radius 1 is 1.19 bits per heavy atom. The first-order chi connectivity index (χ1) is 15.4. The number of rotatable bonds is 10. The van der Waals surface area contributed by atoms with Crippen molar-refractivity contribution in [2.24, 2.45) is 10.9 Å². The normalized spacial score (nSPS) is 15.3. The van der Waals surface area contributed by atoms with Crippen LogP contribution in [0.2, 0.25) is 0 Å². The van der Waals surface area contributed by atoms with E-state index in [0.717, 1.165) is 24.1 Å². The molecular weight excluding hydrogens is 408 g/mol. The average Bonchev–Trinajstić information content (AvgIpc) is 2.79. The Bertz CT molecular complexity index is 867. The number of methoxy groups -OCH3 is 1. The summed E-state index contributed by atoms with van der Waals surface area (Å²) >= 11 is 0. The smallest absolute Gasteiger partial charge is 0.409 e. The first-order valence-electron chi connectivity index (χ1n) is 10.9. The molecule has 32 heavy (non-hydrogen) atoms. The van der Waals surface area contributed by atoms with Gasteiger partial charge in [0.2, 0.25) is 0 Å². The number of piperidine rings is 1. The Morgan fingerprint density at radius 2 is 1.91 bits per heavy atom. The predicted molar refractivity (Wildman–Crippen MR) is 126 cm³/mol. The molecule has 1 fully saturated rings. The number of hydrogen-bond donors (Lipinski definition) is 0. The number of aliphatic imine (C=N–C) groups is 1. The van der Waals surface area contributed by atoms with Crippen LogP contribution in [0.25, 0.3) is 0 Å². The Labute approximate surface area is 190 Å². The Balaban J connectivity index is 1.73. The van der Waals surface area contributed by atoms with Gasteiger partial charge in [0.05, 0.1) is 20.3 Å². The maximum absolute atomic E-state index is 12.4. The van der Waals surface area contributed by atoms with Gasteiger partial charge in [-0.2, -0.15) is 0 Å². The fraction of sp³-hybridized carbons (Fsp3) is 0.480. The van der Waals surface area contributed by atoms with Gasteiger partial charge in [-0.1, -0.05) is 18.7 Å². The van der Waals surface area contributed by atoms with Gasteiger partial charge < -0.3 is 19.1 Å². The molecule has 1 aromatic carbocycles. The number of carbonyl (C=O) groups is 2. The first kappa shape index (κ1) is 25.2. The minimum Gasteiger partial charge on any atom is -0.493 e. The molecule has 7 nitrogen and oxygen atoms in total. The highest BCUT2D eigenvalue weighted by atomic mass is 16.6. The van der Waals surface area contributed by atoms with E-state index in [1.807, 2.05) is 20.0 Å². The van der Waals surface area contributed by atoms with Crippen molar-refractivity contribution in [3.63, 3.8) is 0 Å². The summed E-state index contributed by atoms with van der Waals surface area (Å²) in [7, 11) is 3.34. The molecule has 0 N–H and O–H groups in total. The van der Waals surface area contributed by atoms with Gasteiger partial charge in [-0.3, -0.25) is 9.79 Å². The quantitative estimate of drug-likeness (QED) is 0.227. The number of carbonyl (C=O) groups excluding carboxylic acids is 2. The molecule has 0 spiro atoms. The van der Waals surface area contributed by atoms with E-state index in [1.54, 1.807) is 29.2 Å². The van der Waals surface area contributed by atoms with E-state index in [2.05, 4.69) is 11.6 Å². The largest absolute Gasteiger partial charge is 0.493 e. The van der Waals surface area contributed by atoms with Crippen LogP contribution in [0.4, 0.5) is 4.79 Å². The number of hydrogen-bond acceptors (Lipinski definition) is 6. The summed E-state index contributed by atoms with van der Waals surface area (Å²) in [6, 6.07) is 5.07. The lowest BCUT2D eigenvalue weighted by atomic mass is 9.88. The summed E-state index contributed by atoms with van der Waals surface area (Å²) in [6.45, 7) is 9.24. The Hall–Kier alpha value is -3.09. The number of nitrogens with zero attached hydrogens (tertiary/aromatic N) is 2. The second kappa shape index (κ2) is 12.7. The van der Waals surface area contributed by atoms with Gasteiger partial charge in [-0.25, -0.2) is 4.79 Å². The topological polar surface area (TPSA) is 77.4 Å². The lowest BCUT2D eigenvalue weighted by Gasteiger charge is -2.32. The minimum absolute atomic E-state index is 0.0349. The maximum Gasteiger partial charge on any atom is 0.409 e. The summed E-state index contributed by atoms with van der Waals surface area (Å²) in [5.74, 6) is 1.37. The highest BCUT2D eigenvalue weighted by Gasteiger charge is 2.27. The summed E-state index contributed by atoms with van der Waals surface area (Å²) in [5, 5.41) is 0. The number of ketones is 1. The van der Waals surface area contributed by atoms with E-state index >= 15 is 0 Å². The van der Waals surface area contributed by atoms with Crippen molar-refractivity contribution in [3.05, 3.63) is 48.1 Å². The summed E-state index contributed by atoms with van der Waals surface area (Å²) in [5.41, 5.74) is 2.77. The molecule has 0 radical (unpaired) electrons. The molecule has 1 aromatic rings. The van der Waals surface area contributed by atoms with Crippen molar-refractivity contribution >= 4 is 17.6 Å². The molecule has 0 atom stereocenters. The third kappa shape index (κ3) is 6.97. The van der Waals surface area contributed by atoms with Crippen LogP contribution in [0.1, 0.15) is 43.5 Å². The lowest BCUT2D eigenvalue weighted by Crippen LogP contribution is -2.40. The van der Waals surface area contributed by atoms with E-state index in [0.29, 0.717) is 49.1 Å². The second-order valence-corrected chi connectivity index (χ2v) is 7.69. The molecule has 0 unspecified atom stereocenters. The zero-order valence-electron chi connectivity index (χ0n) is 19.6. The molecule has 0 saturated carbocycles. The molecule has 174 valence electrons. The summed E-state index contributed by atoms with van der Waals surface area (Å²) in [6.07, 6.45) is 5.73. The fourth-order valence-electron chi connectivity index (χ4n) is 3.78. The number of likely N-dealkylation sites (tertiary alicyclic amines) is 1. The zero-order valence-corrected chi connectivity index (χ0v) is 19.6. The van der Waals surface area contributed by atoms with Gasteiger partial charge in [-0.05, 0) is 50.5 Å². The van der Waals surface area contributed by atoms with Gasteiger partial charge in [0.25, 0.3) is 0 Å². The number of benzene rings is 1. The zero-order chi connectivity index (χ0) is 23.5. The Kier molecular flexibility index (Phi) is 9.98. The Morgan fingerprint density at radius 3 is 2.50 bits per heavy atom. The van der Waals surface area contributed by atoms with Gasteiger partial charge >= 0.3 is 6.09 Å². The van der Waals surface area contributed by atoms with Crippen LogP contribution in [0.5, 0.6) is 11.5 Å². The summed E-state index contributed by atoms with van der Waals surface area (Å²) < 4.78 is 16.4. The minimum atomic E-state index is -0.291. The predicted octanol–water partition coefficient (Wildman–Crippen LogP) is 4.72. The van der Waals surface area contributed by atoms with Crippen molar-refractivity contribution in [2.45, 2.75) is 33.1 Å². The van der Waals surface area contributed by atoms with Gasteiger partial charge in [-0.15, -0.1) is 0 Å². The molecular formula is C25H34N2O5. The molecule has 1 saturated heterocycles. The van der Waals surface area contributed by atoms with E-state index in [-0.39, 0.29) is 18.5 Å². The van der Waals surface area contributed by atoms with E-state index < -0.39 is 0 Å². The standard InChI is InChI=1S/C25H34N2O5/c1-6-8-18(2)24(26-4)20-11-13-27(14-12-20)25(29)32-16-7-15-31-22-10-9-21(19(3)28)17-23(22)30-5/h6,8-10,17,20H,1,7,11-16H2,2-5H3/b18-8+,26-24?. The van der Waals surface area contributed by atoms with Crippen LogP contribution < -0.4 is 9.47 Å². The number of amides is 1. The molecule has 1 aliphatic rings. The van der Waals surface area contributed by atoms with Gasteiger partial charge in [0.1, 0.15) is 0 Å². The van der Waals surface area contributed by atoms with E-state index in [9.17, 15) is 9.59 Å². The van der Waals surface area contributed by atoms with Crippen LogP contribution >= 0.6 is 0 Å². The van der Waals surface area contributed by atoms with Crippen molar-refractivity contribution in [1.82, 2.24) is 4.90 Å². The third-order valence-electron chi connectivity index (χ3n) is 5.49.